The van der Waals surface area contributed by atoms with Gasteiger partial charge >= 0.3 is 5.97 Å². The van der Waals surface area contributed by atoms with Crippen molar-refractivity contribution < 1.29 is 14.3 Å². The van der Waals surface area contributed by atoms with Crippen LogP contribution in [0.4, 0.5) is 10.7 Å². The fourth-order valence-electron chi connectivity index (χ4n) is 3.27. The predicted octanol–water partition coefficient (Wildman–Crippen LogP) is 2.78. The van der Waals surface area contributed by atoms with E-state index < -0.39 is 5.91 Å². The summed E-state index contributed by atoms with van der Waals surface area (Å²) in [6.07, 6.45) is 4.47. The van der Waals surface area contributed by atoms with Gasteiger partial charge in [-0.3, -0.25) is 9.48 Å². The zero-order valence-corrected chi connectivity index (χ0v) is 17.6. The first-order valence-electron chi connectivity index (χ1n) is 9.02. The molecule has 0 radical (unpaired) electrons. The quantitative estimate of drug-likeness (QED) is 0.503. The number of thiocarbonyl (C=S) groups is 1. The molecule has 1 amide bonds. The van der Waals surface area contributed by atoms with E-state index in [9.17, 15) is 9.59 Å². The fraction of sp³-hybridized carbons (Fsp3) is 0.444. The van der Waals surface area contributed by atoms with Gasteiger partial charge in [-0.05, 0) is 49.9 Å². The zero-order valence-electron chi connectivity index (χ0n) is 16.0. The van der Waals surface area contributed by atoms with E-state index >= 15 is 0 Å². The molecule has 8 nitrogen and oxygen atoms in total. The molecule has 0 saturated heterocycles. The van der Waals surface area contributed by atoms with Crippen molar-refractivity contribution in [2.45, 2.75) is 39.7 Å². The smallest absolute Gasteiger partial charge is 0.341 e. The minimum atomic E-state index is -0.645. The number of nitrogens with two attached hydrogens (primary N) is 1. The maximum Gasteiger partial charge on any atom is 0.341 e. The van der Waals surface area contributed by atoms with Crippen LogP contribution in [0.3, 0.4) is 0 Å². The second-order valence-corrected chi connectivity index (χ2v) is 8.25. The number of aromatic nitrogens is 2. The number of aryl methyl sites for hydroxylation is 1. The Labute approximate surface area is 172 Å². The summed E-state index contributed by atoms with van der Waals surface area (Å²) in [5.74, 6) is -0.449. The van der Waals surface area contributed by atoms with Crippen LogP contribution in [-0.2, 0) is 24.1 Å². The highest BCUT2D eigenvalue weighted by molar-refractivity contribution is 7.80. The third-order valence-corrected chi connectivity index (χ3v) is 6.07. The van der Waals surface area contributed by atoms with E-state index in [0.717, 1.165) is 24.8 Å². The van der Waals surface area contributed by atoms with Crippen molar-refractivity contribution in [1.29, 1.82) is 0 Å². The van der Waals surface area contributed by atoms with Gasteiger partial charge in [0.15, 0.2) is 10.8 Å². The molecule has 28 heavy (non-hydrogen) atoms. The molecule has 0 saturated carbocycles. The van der Waals surface area contributed by atoms with Gasteiger partial charge in [-0.25, -0.2) is 4.79 Å². The lowest BCUT2D eigenvalue weighted by atomic mass is 9.88. The number of ether oxygens (including phenoxy) is 1. The zero-order chi connectivity index (χ0) is 20.4. The van der Waals surface area contributed by atoms with Gasteiger partial charge < -0.3 is 21.1 Å². The van der Waals surface area contributed by atoms with Gasteiger partial charge in [-0.15, -0.1) is 11.3 Å². The molecule has 10 heteroatoms. The normalized spacial score (nSPS) is 15.6. The standard InChI is InChI=1S/C18H23N5O3S2/c1-4-23-8-11(14(22-23)15(19)24)20-18(27)21-16-13(17(25)26-3)10-6-5-9(2)7-12(10)28-16/h8-9H,4-7H2,1-3H3,(H2,19,24)(H2,20,21,27)/t9-/m1/s1. The summed E-state index contributed by atoms with van der Waals surface area (Å²) in [7, 11) is 1.37. The summed E-state index contributed by atoms with van der Waals surface area (Å²) in [5.41, 5.74) is 7.50. The molecule has 1 aliphatic rings. The summed E-state index contributed by atoms with van der Waals surface area (Å²) in [4.78, 5) is 25.2. The molecule has 3 rings (SSSR count). The molecule has 0 bridgehead atoms. The Bertz CT molecular complexity index is 934. The third kappa shape index (κ3) is 4.02. The van der Waals surface area contributed by atoms with Crippen LogP contribution in [0.1, 0.15) is 51.6 Å². The summed E-state index contributed by atoms with van der Waals surface area (Å²) in [6, 6.07) is 0. The van der Waals surface area contributed by atoms with Crippen molar-refractivity contribution in [3.8, 4) is 0 Å². The Balaban J connectivity index is 1.86. The van der Waals surface area contributed by atoms with E-state index in [1.165, 1.54) is 23.3 Å². The second kappa shape index (κ2) is 8.27. The van der Waals surface area contributed by atoms with Crippen LogP contribution in [0.2, 0.25) is 0 Å². The summed E-state index contributed by atoms with van der Waals surface area (Å²) >= 11 is 6.92. The van der Waals surface area contributed by atoms with Crippen LogP contribution in [-0.4, -0.2) is 33.9 Å². The molecule has 2 heterocycles. The maximum absolute atomic E-state index is 12.4. The van der Waals surface area contributed by atoms with Crippen molar-refractivity contribution in [2.24, 2.45) is 11.7 Å². The number of fused-ring (bicyclic) bond motifs is 1. The first-order chi connectivity index (χ1) is 13.3. The Kier molecular flexibility index (Phi) is 5.99. The molecular weight excluding hydrogens is 398 g/mol. The number of carbonyl (C=O) groups is 2. The molecule has 0 spiro atoms. The van der Waals surface area contributed by atoms with Crippen molar-refractivity contribution in [3.05, 3.63) is 27.9 Å². The molecule has 4 N–H and O–H groups in total. The highest BCUT2D eigenvalue weighted by atomic mass is 32.1. The monoisotopic (exact) mass is 421 g/mol. The second-order valence-electron chi connectivity index (χ2n) is 6.74. The van der Waals surface area contributed by atoms with Gasteiger partial charge in [0.1, 0.15) is 5.00 Å². The van der Waals surface area contributed by atoms with E-state index in [1.54, 1.807) is 10.9 Å². The molecule has 150 valence electrons. The van der Waals surface area contributed by atoms with Crippen LogP contribution in [0.5, 0.6) is 0 Å². The summed E-state index contributed by atoms with van der Waals surface area (Å²) < 4.78 is 6.58. The minimum Gasteiger partial charge on any atom is -0.465 e. The van der Waals surface area contributed by atoms with Gasteiger partial charge in [-0.2, -0.15) is 5.10 Å². The van der Waals surface area contributed by atoms with E-state index in [-0.39, 0.29) is 16.8 Å². The van der Waals surface area contributed by atoms with E-state index in [1.807, 2.05) is 6.92 Å². The van der Waals surface area contributed by atoms with Gasteiger partial charge in [0.05, 0.1) is 18.4 Å². The molecule has 1 aliphatic carbocycles. The number of thiophene rings is 1. The van der Waals surface area contributed by atoms with Gasteiger partial charge in [0.25, 0.3) is 5.91 Å². The number of nitrogens with one attached hydrogen (secondary N) is 2. The van der Waals surface area contributed by atoms with Gasteiger partial charge in [-0.1, -0.05) is 6.92 Å². The largest absolute Gasteiger partial charge is 0.465 e. The topological polar surface area (TPSA) is 111 Å². The molecule has 0 aliphatic heterocycles. The van der Waals surface area contributed by atoms with Crippen molar-refractivity contribution in [3.63, 3.8) is 0 Å². The van der Waals surface area contributed by atoms with Crippen LogP contribution in [0.15, 0.2) is 6.20 Å². The van der Waals surface area contributed by atoms with Crippen LogP contribution >= 0.6 is 23.6 Å². The molecule has 0 fully saturated rings. The number of hydrogen-bond donors (Lipinski definition) is 3. The van der Waals surface area contributed by atoms with Crippen molar-refractivity contribution in [2.75, 3.05) is 17.7 Å². The van der Waals surface area contributed by atoms with Gasteiger partial charge in [0, 0.05) is 17.6 Å². The molecule has 2 aromatic heterocycles. The molecule has 0 aromatic carbocycles. The Hall–Kier alpha value is -2.46. The van der Waals surface area contributed by atoms with E-state index in [0.29, 0.717) is 28.7 Å². The molecule has 2 aromatic rings. The minimum absolute atomic E-state index is 0.110. The van der Waals surface area contributed by atoms with Gasteiger partial charge in [0.2, 0.25) is 0 Å². The number of anilines is 2. The highest BCUT2D eigenvalue weighted by Crippen LogP contribution is 2.40. The van der Waals surface area contributed by atoms with Crippen LogP contribution < -0.4 is 16.4 Å². The summed E-state index contributed by atoms with van der Waals surface area (Å²) in [5, 5.41) is 11.1. The lowest BCUT2D eigenvalue weighted by Gasteiger charge is -2.18. The highest BCUT2D eigenvalue weighted by Gasteiger charge is 2.28. The SMILES string of the molecule is CCn1cc(NC(=S)Nc2sc3c(c2C(=O)OC)CC[C@@H](C)C3)c(C(N)=O)n1. The molecule has 1 atom stereocenters. The average molecular weight is 422 g/mol. The first-order valence-corrected chi connectivity index (χ1v) is 10.2. The number of primary amides is 1. The number of esters is 1. The number of hydrogen-bond acceptors (Lipinski definition) is 6. The summed E-state index contributed by atoms with van der Waals surface area (Å²) in [6.45, 7) is 4.69. The Morgan fingerprint density at radius 2 is 2.21 bits per heavy atom. The van der Waals surface area contributed by atoms with Crippen molar-refractivity contribution in [1.82, 2.24) is 9.78 Å². The number of carbonyl (C=O) groups excluding carboxylic acids is 2. The number of methoxy groups -OCH3 is 1. The lowest BCUT2D eigenvalue weighted by Crippen LogP contribution is -2.22. The van der Waals surface area contributed by atoms with E-state index in [4.69, 9.17) is 22.7 Å². The number of rotatable bonds is 5. The Morgan fingerprint density at radius 3 is 2.86 bits per heavy atom. The van der Waals surface area contributed by atoms with Crippen LogP contribution in [0.25, 0.3) is 0 Å². The van der Waals surface area contributed by atoms with Crippen molar-refractivity contribution >= 4 is 51.2 Å². The third-order valence-electron chi connectivity index (χ3n) is 4.70. The maximum atomic E-state index is 12.4. The number of amides is 1. The van der Waals surface area contributed by atoms with Crippen LogP contribution in [0, 0.1) is 5.92 Å². The number of nitrogens with zero attached hydrogens (tertiary/aromatic N) is 2. The predicted molar refractivity (Wildman–Crippen MR) is 113 cm³/mol. The molecular formula is C18H23N5O3S2. The Morgan fingerprint density at radius 1 is 1.46 bits per heavy atom. The lowest BCUT2D eigenvalue weighted by molar-refractivity contribution is 0.0600. The fourth-order valence-corrected chi connectivity index (χ4v) is 4.95. The molecule has 0 unspecified atom stereocenters. The van der Waals surface area contributed by atoms with E-state index in [2.05, 4.69) is 22.7 Å². The average Bonchev–Trinajstić information content (AvgIpc) is 3.21. The first kappa shape index (κ1) is 20.3.